The summed E-state index contributed by atoms with van der Waals surface area (Å²) < 4.78 is 28.3. The minimum atomic E-state index is -3.56. The predicted octanol–water partition coefficient (Wildman–Crippen LogP) is 5.52. The van der Waals surface area contributed by atoms with E-state index in [1.54, 1.807) is 24.3 Å². The summed E-state index contributed by atoms with van der Waals surface area (Å²) in [7, 11) is -3.56. The highest BCUT2D eigenvalue weighted by Gasteiger charge is 2.21. The summed E-state index contributed by atoms with van der Waals surface area (Å²) in [5.74, 6) is 0.148. The molecule has 0 saturated heterocycles. The van der Waals surface area contributed by atoms with Gasteiger partial charge in [0.05, 0.1) is 5.75 Å². The van der Waals surface area contributed by atoms with Crippen molar-refractivity contribution in [1.82, 2.24) is 4.90 Å². The van der Waals surface area contributed by atoms with Crippen molar-refractivity contribution in [2.45, 2.75) is 39.8 Å². The molecule has 0 N–H and O–H groups in total. The third-order valence-electron chi connectivity index (χ3n) is 5.48. The molecule has 1 amide bonds. The first kappa shape index (κ1) is 23.5. The maximum Gasteiger partial charge on any atom is 0.308 e. The van der Waals surface area contributed by atoms with Crippen LogP contribution >= 0.6 is 0 Å². The van der Waals surface area contributed by atoms with Crippen molar-refractivity contribution in [3.8, 4) is 16.9 Å². The molecule has 0 radical (unpaired) electrons. The van der Waals surface area contributed by atoms with Crippen molar-refractivity contribution >= 4 is 16.0 Å². The van der Waals surface area contributed by atoms with E-state index in [4.69, 9.17) is 4.18 Å². The first-order valence-corrected chi connectivity index (χ1v) is 12.4. The van der Waals surface area contributed by atoms with Gasteiger partial charge in [-0.15, -0.1) is 0 Å². The van der Waals surface area contributed by atoms with Gasteiger partial charge in [0.2, 0.25) is 0 Å². The van der Waals surface area contributed by atoms with Crippen LogP contribution in [-0.2, 0) is 16.7 Å². The van der Waals surface area contributed by atoms with Crippen LogP contribution in [0.2, 0.25) is 0 Å². The number of nitrogens with zero attached hydrogens (tertiary/aromatic N) is 1. The monoisotopic (exact) mass is 451 g/mol. The Balaban J connectivity index is 1.77. The second-order valence-electron chi connectivity index (χ2n) is 7.71. The molecule has 168 valence electrons. The van der Waals surface area contributed by atoms with Crippen LogP contribution in [0.1, 0.15) is 43.1 Å². The molecule has 0 saturated carbocycles. The molecule has 32 heavy (non-hydrogen) atoms. The highest BCUT2D eigenvalue weighted by Crippen LogP contribution is 2.22. The first-order chi connectivity index (χ1) is 15.3. The quantitative estimate of drug-likeness (QED) is 0.402. The van der Waals surface area contributed by atoms with Crippen LogP contribution in [-0.4, -0.2) is 31.0 Å². The Hall–Kier alpha value is -3.12. The maximum atomic E-state index is 13.3. The van der Waals surface area contributed by atoms with Gasteiger partial charge in [-0.05, 0) is 61.2 Å². The van der Waals surface area contributed by atoms with Gasteiger partial charge in [0, 0.05) is 18.2 Å². The lowest BCUT2D eigenvalue weighted by Crippen LogP contribution is -2.37. The van der Waals surface area contributed by atoms with Crippen LogP contribution in [0.15, 0.2) is 78.9 Å². The van der Waals surface area contributed by atoms with E-state index in [-0.39, 0.29) is 23.5 Å². The van der Waals surface area contributed by atoms with Gasteiger partial charge in [-0.1, -0.05) is 61.5 Å². The van der Waals surface area contributed by atoms with Crippen molar-refractivity contribution < 1.29 is 17.4 Å². The van der Waals surface area contributed by atoms with E-state index in [2.05, 4.69) is 6.92 Å². The highest BCUT2D eigenvalue weighted by molar-refractivity contribution is 7.87. The largest absolute Gasteiger partial charge is 0.382 e. The van der Waals surface area contributed by atoms with E-state index in [0.717, 1.165) is 23.1 Å². The number of benzene rings is 3. The van der Waals surface area contributed by atoms with Gasteiger partial charge in [-0.3, -0.25) is 4.79 Å². The SMILES string of the molecule is CCC(C)N(Cc1ccc(OS(=O)(=O)CC)cc1)C(=O)c1ccc(-c2ccccc2)cc1. The summed E-state index contributed by atoms with van der Waals surface area (Å²) in [6.07, 6.45) is 0.823. The molecule has 0 heterocycles. The molecule has 0 aliphatic carbocycles. The van der Waals surface area contributed by atoms with Crippen molar-refractivity contribution in [2.75, 3.05) is 5.75 Å². The Morgan fingerprint density at radius 1 is 0.875 bits per heavy atom. The van der Waals surface area contributed by atoms with Crippen LogP contribution in [0, 0.1) is 0 Å². The van der Waals surface area contributed by atoms with Crippen LogP contribution in [0.4, 0.5) is 0 Å². The van der Waals surface area contributed by atoms with E-state index < -0.39 is 10.1 Å². The summed E-state index contributed by atoms with van der Waals surface area (Å²) in [6.45, 7) is 6.04. The highest BCUT2D eigenvalue weighted by atomic mass is 32.2. The molecule has 5 nitrogen and oxygen atoms in total. The summed E-state index contributed by atoms with van der Waals surface area (Å²) >= 11 is 0. The normalized spacial score (nSPS) is 12.2. The van der Waals surface area contributed by atoms with Crippen LogP contribution in [0.25, 0.3) is 11.1 Å². The van der Waals surface area contributed by atoms with Gasteiger partial charge >= 0.3 is 10.1 Å². The molecular formula is C26H29NO4S. The Bertz CT molecular complexity index is 1120. The third-order valence-corrected chi connectivity index (χ3v) is 6.63. The minimum Gasteiger partial charge on any atom is -0.382 e. The number of hydrogen-bond acceptors (Lipinski definition) is 4. The number of amides is 1. The van der Waals surface area contributed by atoms with Crippen LogP contribution in [0.3, 0.4) is 0 Å². The Kier molecular flexibility index (Phi) is 7.70. The van der Waals surface area contributed by atoms with Crippen LogP contribution < -0.4 is 4.18 Å². The van der Waals surface area contributed by atoms with Gasteiger partial charge in [-0.2, -0.15) is 8.42 Å². The molecule has 1 atom stereocenters. The average molecular weight is 452 g/mol. The molecule has 0 aliphatic rings. The molecule has 0 fully saturated rings. The van der Waals surface area contributed by atoms with Crippen molar-refractivity contribution in [1.29, 1.82) is 0 Å². The summed E-state index contributed by atoms with van der Waals surface area (Å²) in [5.41, 5.74) is 3.72. The predicted molar refractivity (Wildman–Crippen MR) is 128 cm³/mol. The number of hydrogen-bond donors (Lipinski definition) is 0. The van der Waals surface area contributed by atoms with E-state index in [1.165, 1.54) is 6.92 Å². The zero-order valence-corrected chi connectivity index (χ0v) is 19.5. The van der Waals surface area contributed by atoms with Crippen molar-refractivity contribution in [2.24, 2.45) is 0 Å². The number of carbonyl (C=O) groups excluding carboxylic acids is 1. The topological polar surface area (TPSA) is 63.7 Å². The second-order valence-corrected chi connectivity index (χ2v) is 9.57. The lowest BCUT2D eigenvalue weighted by molar-refractivity contribution is 0.0671. The summed E-state index contributed by atoms with van der Waals surface area (Å²) in [5, 5.41) is 0. The Morgan fingerprint density at radius 3 is 2.03 bits per heavy atom. The van der Waals surface area contributed by atoms with Crippen LogP contribution in [0.5, 0.6) is 5.75 Å². The zero-order valence-electron chi connectivity index (χ0n) is 18.7. The van der Waals surface area contributed by atoms with E-state index >= 15 is 0 Å². The van der Waals surface area contributed by atoms with Gasteiger partial charge in [-0.25, -0.2) is 0 Å². The summed E-state index contributed by atoms with van der Waals surface area (Å²) in [4.78, 5) is 15.2. The van der Waals surface area contributed by atoms with Crippen molar-refractivity contribution in [3.05, 3.63) is 90.0 Å². The standard InChI is InChI=1S/C26H29NO4S/c1-4-20(3)27(19-21-11-17-25(18-12-21)31-32(29,30)5-2)26(28)24-15-13-23(14-16-24)22-9-7-6-8-10-22/h6-18,20H,4-5,19H2,1-3H3. The van der Waals surface area contributed by atoms with Gasteiger partial charge in [0.15, 0.2) is 0 Å². The summed E-state index contributed by atoms with van der Waals surface area (Å²) in [6, 6.07) is 24.6. The van der Waals surface area contributed by atoms with E-state index in [0.29, 0.717) is 12.1 Å². The zero-order chi connectivity index (χ0) is 23.1. The molecule has 0 bridgehead atoms. The lowest BCUT2D eigenvalue weighted by Gasteiger charge is -2.29. The average Bonchev–Trinajstić information content (AvgIpc) is 2.83. The Morgan fingerprint density at radius 2 is 1.47 bits per heavy atom. The molecule has 3 rings (SSSR count). The molecule has 0 aliphatic heterocycles. The lowest BCUT2D eigenvalue weighted by atomic mass is 10.0. The fourth-order valence-corrected chi connectivity index (χ4v) is 3.82. The van der Waals surface area contributed by atoms with Gasteiger partial charge < -0.3 is 9.08 Å². The third kappa shape index (κ3) is 5.98. The molecule has 6 heteroatoms. The van der Waals surface area contributed by atoms with E-state index in [9.17, 15) is 13.2 Å². The molecule has 3 aromatic rings. The minimum absolute atomic E-state index is 0.0344. The number of rotatable bonds is 9. The molecule has 0 spiro atoms. The molecule has 1 unspecified atom stereocenters. The fourth-order valence-electron chi connectivity index (χ4n) is 3.30. The second kappa shape index (κ2) is 10.5. The first-order valence-electron chi connectivity index (χ1n) is 10.8. The molecule has 0 aromatic heterocycles. The number of carbonyl (C=O) groups is 1. The maximum absolute atomic E-state index is 13.3. The van der Waals surface area contributed by atoms with E-state index in [1.807, 2.05) is 66.4 Å². The van der Waals surface area contributed by atoms with Crippen molar-refractivity contribution in [3.63, 3.8) is 0 Å². The van der Waals surface area contributed by atoms with Gasteiger partial charge in [0.25, 0.3) is 5.91 Å². The van der Waals surface area contributed by atoms with Gasteiger partial charge in [0.1, 0.15) is 5.75 Å². The smallest absolute Gasteiger partial charge is 0.308 e. The molecular weight excluding hydrogens is 422 g/mol. The fraction of sp³-hybridized carbons (Fsp3) is 0.269. The molecule has 3 aromatic carbocycles. The Labute approximate surface area is 190 Å².